The van der Waals surface area contributed by atoms with Crippen molar-refractivity contribution in [2.24, 2.45) is 0 Å². The zero-order chi connectivity index (χ0) is 17.9. The van der Waals surface area contributed by atoms with E-state index < -0.39 is 0 Å². The lowest BCUT2D eigenvalue weighted by Gasteiger charge is -2.34. The van der Waals surface area contributed by atoms with Gasteiger partial charge in [0.2, 0.25) is 0 Å². The van der Waals surface area contributed by atoms with Gasteiger partial charge in [0, 0.05) is 12.6 Å². The maximum atomic E-state index is 13.0. The van der Waals surface area contributed by atoms with Crippen molar-refractivity contribution >= 4 is 52.3 Å². The van der Waals surface area contributed by atoms with Crippen molar-refractivity contribution < 1.29 is 9.21 Å². The molecule has 1 fully saturated rings. The Morgan fingerprint density at radius 2 is 1.96 bits per heavy atom. The Kier molecular flexibility index (Phi) is 8.31. The summed E-state index contributed by atoms with van der Waals surface area (Å²) in [6, 6.07) is 12.0. The number of para-hydroxylation sites is 1. The molecule has 0 aliphatic carbocycles. The maximum absolute atomic E-state index is 13.0. The Bertz CT molecular complexity index is 873. The van der Waals surface area contributed by atoms with E-state index in [4.69, 9.17) is 4.42 Å². The highest BCUT2D eigenvalue weighted by Crippen LogP contribution is 2.31. The molecular formula is C20H25Cl2N3O2S. The number of benzene rings is 1. The Labute approximate surface area is 181 Å². The molecule has 28 heavy (non-hydrogen) atoms. The van der Waals surface area contributed by atoms with Gasteiger partial charge >= 0.3 is 0 Å². The van der Waals surface area contributed by atoms with E-state index in [-0.39, 0.29) is 30.7 Å². The molecular weight excluding hydrogens is 417 g/mol. The van der Waals surface area contributed by atoms with Crippen LogP contribution in [0.1, 0.15) is 36.7 Å². The first kappa shape index (κ1) is 22.7. The van der Waals surface area contributed by atoms with Crippen LogP contribution in [0.2, 0.25) is 0 Å². The number of amides is 1. The summed E-state index contributed by atoms with van der Waals surface area (Å²) < 4.78 is 7.04. The Hall–Kier alpha value is -1.60. The van der Waals surface area contributed by atoms with Crippen LogP contribution in [0.4, 0.5) is 0 Å². The van der Waals surface area contributed by atoms with E-state index in [1.165, 1.54) is 0 Å². The normalized spacial score (nSPS) is 14.3. The third-order valence-electron chi connectivity index (χ3n) is 4.80. The molecule has 0 radical (unpaired) electrons. The van der Waals surface area contributed by atoms with Crippen LogP contribution in [0.15, 0.2) is 40.8 Å². The minimum Gasteiger partial charge on any atom is -0.448 e. The number of carbonyl (C=O) groups excluding carboxylic acids is 1. The Morgan fingerprint density at radius 3 is 2.68 bits per heavy atom. The summed E-state index contributed by atoms with van der Waals surface area (Å²) in [4.78, 5) is 19.7. The minimum absolute atomic E-state index is 0. The van der Waals surface area contributed by atoms with E-state index >= 15 is 0 Å². The van der Waals surface area contributed by atoms with Crippen LogP contribution in [0, 0.1) is 0 Å². The molecule has 152 valence electrons. The molecule has 1 aliphatic rings. The van der Waals surface area contributed by atoms with Crippen molar-refractivity contribution in [3.8, 4) is 10.8 Å². The van der Waals surface area contributed by atoms with Crippen molar-refractivity contribution in [2.45, 2.75) is 32.2 Å². The van der Waals surface area contributed by atoms with Crippen LogP contribution < -0.4 is 5.32 Å². The van der Waals surface area contributed by atoms with Gasteiger partial charge in [0.05, 0.1) is 10.2 Å². The summed E-state index contributed by atoms with van der Waals surface area (Å²) in [5.74, 6) is 1.06. The van der Waals surface area contributed by atoms with Gasteiger partial charge in [-0.15, -0.1) is 36.2 Å². The van der Waals surface area contributed by atoms with Gasteiger partial charge in [0.25, 0.3) is 5.91 Å². The zero-order valence-corrected chi connectivity index (χ0v) is 18.2. The zero-order valence-electron chi connectivity index (χ0n) is 15.7. The molecule has 4 rings (SSSR count). The predicted octanol–water partition coefficient (Wildman–Crippen LogP) is 5.00. The lowest BCUT2D eigenvalue weighted by Crippen LogP contribution is -2.46. The lowest BCUT2D eigenvalue weighted by molar-refractivity contribution is 0.0611. The molecule has 0 unspecified atom stereocenters. The molecule has 1 N–H and O–H groups in total. The van der Waals surface area contributed by atoms with Gasteiger partial charge in [-0.2, -0.15) is 0 Å². The maximum Gasteiger partial charge on any atom is 0.289 e. The van der Waals surface area contributed by atoms with Crippen molar-refractivity contribution in [3.63, 3.8) is 0 Å². The number of fused-ring (bicyclic) bond motifs is 1. The molecule has 1 saturated heterocycles. The smallest absolute Gasteiger partial charge is 0.289 e. The molecule has 0 spiro atoms. The second-order valence-electron chi connectivity index (χ2n) is 6.63. The second-order valence-corrected chi connectivity index (χ2v) is 7.66. The number of hydrogen-bond donors (Lipinski definition) is 1. The highest BCUT2D eigenvalue weighted by Gasteiger charge is 2.27. The number of halogens is 2. The fourth-order valence-electron chi connectivity index (χ4n) is 3.50. The molecule has 1 amide bonds. The van der Waals surface area contributed by atoms with Crippen LogP contribution in [0.5, 0.6) is 0 Å². The molecule has 5 nitrogen and oxygen atoms in total. The molecule has 0 atom stereocenters. The van der Waals surface area contributed by atoms with E-state index in [1.54, 1.807) is 17.4 Å². The number of piperidine rings is 1. The first-order chi connectivity index (χ1) is 12.8. The average molecular weight is 442 g/mol. The predicted molar refractivity (Wildman–Crippen MR) is 119 cm³/mol. The molecule has 3 aromatic rings. The number of aromatic nitrogens is 1. The first-order valence-electron chi connectivity index (χ1n) is 9.23. The van der Waals surface area contributed by atoms with E-state index in [0.29, 0.717) is 17.6 Å². The van der Waals surface area contributed by atoms with Gasteiger partial charge in [-0.3, -0.25) is 4.79 Å². The highest BCUT2D eigenvalue weighted by atomic mass is 35.5. The summed E-state index contributed by atoms with van der Waals surface area (Å²) in [6.07, 6.45) is 2.94. The van der Waals surface area contributed by atoms with Crippen LogP contribution >= 0.6 is 36.2 Å². The molecule has 8 heteroatoms. The number of hydrogen-bond acceptors (Lipinski definition) is 5. The van der Waals surface area contributed by atoms with Crippen molar-refractivity contribution in [3.05, 3.63) is 42.2 Å². The third-order valence-corrected chi connectivity index (χ3v) is 5.85. The average Bonchev–Trinajstić information content (AvgIpc) is 3.33. The molecule has 0 saturated carbocycles. The van der Waals surface area contributed by atoms with Gasteiger partial charge < -0.3 is 14.6 Å². The molecule has 1 aliphatic heterocycles. The van der Waals surface area contributed by atoms with Crippen molar-refractivity contribution in [1.29, 1.82) is 0 Å². The summed E-state index contributed by atoms with van der Waals surface area (Å²) in [7, 11) is 0. The van der Waals surface area contributed by atoms with Gasteiger partial charge in [0.15, 0.2) is 16.5 Å². The highest BCUT2D eigenvalue weighted by molar-refractivity contribution is 7.21. The van der Waals surface area contributed by atoms with Crippen LogP contribution in [-0.4, -0.2) is 41.5 Å². The summed E-state index contributed by atoms with van der Waals surface area (Å²) in [5, 5.41) is 4.17. The Balaban J connectivity index is 0.00000140. The van der Waals surface area contributed by atoms with E-state index in [2.05, 4.69) is 17.2 Å². The lowest BCUT2D eigenvalue weighted by atomic mass is 10.0. The fraction of sp³-hybridized carbons (Fsp3) is 0.400. The largest absolute Gasteiger partial charge is 0.448 e. The number of thiazole rings is 1. The quantitative estimate of drug-likeness (QED) is 0.604. The van der Waals surface area contributed by atoms with E-state index in [1.807, 2.05) is 35.2 Å². The minimum atomic E-state index is -0.00823. The molecule has 3 heterocycles. The summed E-state index contributed by atoms with van der Waals surface area (Å²) in [6.45, 7) is 4.80. The Morgan fingerprint density at radius 1 is 1.21 bits per heavy atom. The SMILES string of the molecule is CCCN(C(=O)c1ccc(-c2nc3ccccc3s2)o1)C1CCNCC1.Cl.Cl. The van der Waals surface area contributed by atoms with Gasteiger partial charge in [0.1, 0.15) is 0 Å². The van der Waals surface area contributed by atoms with Gasteiger partial charge in [-0.25, -0.2) is 4.98 Å². The number of carbonyl (C=O) groups is 1. The number of furan rings is 1. The van der Waals surface area contributed by atoms with Gasteiger partial charge in [-0.1, -0.05) is 19.1 Å². The van der Waals surface area contributed by atoms with Crippen LogP contribution in [-0.2, 0) is 0 Å². The molecule has 1 aromatic carbocycles. The second kappa shape index (κ2) is 10.3. The third kappa shape index (κ3) is 4.69. The number of nitrogens with zero attached hydrogens (tertiary/aromatic N) is 2. The van der Waals surface area contributed by atoms with Gasteiger partial charge in [-0.05, 0) is 56.6 Å². The molecule has 0 bridgehead atoms. The van der Waals surface area contributed by atoms with Crippen LogP contribution in [0.3, 0.4) is 0 Å². The summed E-state index contributed by atoms with van der Waals surface area (Å²) in [5.41, 5.74) is 0.957. The number of rotatable bonds is 5. The fourth-order valence-corrected chi connectivity index (χ4v) is 4.42. The monoisotopic (exact) mass is 441 g/mol. The van der Waals surface area contributed by atoms with Crippen molar-refractivity contribution in [2.75, 3.05) is 19.6 Å². The number of nitrogens with one attached hydrogen (secondary N) is 1. The van der Waals surface area contributed by atoms with Crippen molar-refractivity contribution in [1.82, 2.24) is 15.2 Å². The van der Waals surface area contributed by atoms with Crippen LogP contribution in [0.25, 0.3) is 21.0 Å². The topological polar surface area (TPSA) is 58.4 Å². The molecule has 2 aromatic heterocycles. The standard InChI is InChI=1S/C20H23N3O2S.2ClH/c1-2-13-23(14-9-11-21-12-10-14)20(24)17-8-7-16(25-17)19-22-15-5-3-4-6-18(15)26-19;;/h3-8,14,21H,2,9-13H2,1H3;2*1H. The van der Waals surface area contributed by atoms with E-state index in [9.17, 15) is 4.79 Å². The summed E-state index contributed by atoms with van der Waals surface area (Å²) >= 11 is 1.58. The van der Waals surface area contributed by atoms with E-state index in [0.717, 1.165) is 54.1 Å². The first-order valence-corrected chi connectivity index (χ1v) is 10.1.